The van der Waals surface area contributed by atoms with Crippen LogP contribution in [0.1, 0.15) is 43.6 Å². The van der Waals surface area contributed by atoms with Gasteiger partial charge in [-0.2, -0.15) is 0 Å². The molecule has 0 aliphatic carbocycles. The molecule has 0 heterocycles. The second-order valence-electron chi connectivity index (χ2n) is 7.24. The van der Waals surface area contributed by atoms with E-state index in [2.05, 4.69) is 38.1 Å². The Morgan fingerprint density at radius 2 is 1.50 bits per heavy atom. The van der Waals surface area contributed by atoms with E-state index < -0.39 is 0 Å². The average molecular weight is 325 g/mol. The van der Waals surface area contributed by atoms with Crippen LogP contribution in [0.15, 0.2) is 48.5 Å². The molecule has 0 aliphatic rings. The summed E-state index contributed by atoms with van der Waals surface area (Å²) in [5.74, 6) is 0.0693. The van der Waals surface area contributed by atoms with Gasteiger partial charge in [0, 0.05) is 12.0 Å². The van der Waals surface area contributed by atoms with E-state index in [1.54, 1.807) is 0 Å². The van der Waals surface area contributed by atoms with Crippen molar-refractivity contribution in [3.8, 4) is 11.1 Å². The molecular formula is C21H27NO2. The highest BCUT2D eigenvalue weighted by Gasteiger charge is 2.18. The molecule has 2 aromatic carbocycles. The lowest BCUT2D eigenvalue weighted by Crippen LogP contribution is -2.27. The zero-order chi connectivity index (χ0) is 17.7. The van der Waals surface area contributed by atoms with Crippen LogP contribution in [0.25, 0.3) is 11.1 Å². The van der Waals surface area contributed by atoms with Crippen LogP contribution in [0, 0.1) is 5.92 Å². The molecule has 0 saturated carbocycles. The van der Waals surface area contributed by atoms with Crippen molar-refractivity contribution in [3.05, 3.63) is 59.7 Å². The van der Waals surface area contributed by atoms with Crippen molar-refractivity contribution < 1.29 is 9.53 Å². The molecule has 0 bridgehead atoms. The van der Waals surface area contributed by atoms with Gasteiger partial charge in [0.25, 0.3) is 0 Å². The zero-order valence-corrected chi connectivity index (χ0v) is 15.0. The van der Waals surface area contributed by atoms with Gasteiger partial charge in [-0.3, -0.25) is 0 Å². The number of rotatable bonds is 6. The maximum atomic E-state index is 12.0. The number of esters is 1. The second kappa shape index (κ2) is 7.63. The maximum Gasteiger partial charge on any atom is 0.338 e. The van der Waals surface area contributed by atoms with Gasteiger partial charge in [-0.15, -0.1) is 0 Å². The van der Waals surface area contributed by atoms with Gasteiger partial charge in [0.2, 0.25) is 0 Å². The molecule has 128 valence electrons. The molecule has 24 heavy (non-hydrogen) atoms. The van der Waals surface area contributed by atoms with Crippen LogP contribution in [-0.2, 0) is 10.2 Å². The molecule has 0 atom stereocenters. The molecule has 2 N–H and O–H groups in total. The van der Waals surface area contributed by atoms with Gasteiger partial charge in [-0.1, -0.05) is 64.1 Å². The van der Waals surface area contributed by atoms with Crippen LogP contribution < -0.4 is 5.73 Å². The third-order valence-corrected chi connectivity index (χ3v) is 4.18. The van der Waals surface area contributed by atoms with E-state index in [4.69, 9.17) is 10.5 Å². The number of nitrogens with two attached hydrogens (primary N) is 1. The van der Waals surface area contributed by atoms with E-state index in [0.717, 1.165) is 11.1 Å². The van der Waals surface area contributed by atoms with Crippen molar-refractivity contribution in [1.82, 2.24) is 0 Å². The summed E-state index contributed by atoms with van der Waals surface area (Å²) in [5, 5.41) is 0. The third kappa shape index (κ3) is 4.45. The van der Waals surface area contributed by atoms with E-state index in [0.29, 0.717) is 24.6 Å². The van der Waals surface area contributed by atoms with E-state index in [1.807, 2.05) is 38.1 Å². The van der Waals surface area contributed by atoms with Crippen LogP contribution in [0.2, 0.25) is 0 Å². The van der Waals surface area contributed by atoms with E-state index in [1.165, 1.54) is 5.56 Å². The average Bonchev–Trinajstić information content (AvgIpc) is 2.60. The molecule has 0 spiro atoms. The smallest absolute Gasteiger partial charge is 0.338 e. The highest BCUT2D eigenvalue weighted by Crippen LogP contribution is 2.26. The minimum absolute atomic E-state index is 0.0252. The van der Waals surface area contributed by atoms with Crippen LogP contribution in [0.3, 0.4) is 0 Å². The first kappa shape index (κ1) is 18.2. The van der Waals surface area contributed by atoms with Gasteiger partial charge in [0.1, 0.15) is 0 Å². The molecule has 0 saturated heterocycles. The van der Waals surface area contributed by atoms with E-state index in [-0.39, 0.29) is 11.4 Å². The van der Waals surface area contributed by atoms with Crippen LogP contribution in [0.5, 0.6) is 0 Å². The largest absolute Gasteiger partial charge is 0.462 e. The summed E-state index contributed by atoms with van der Waals surface area (Å²) in [4.78, 5) is 12.0. The predicted molar refractivity (Wildman–Crippen MR) is 99.1 cm³/mol. The number of carbonyl (C=O) groups excluding carboxylic acids is 1. The lowest BCUT2D eigenvalue weighted by Gasteiger charge is -2.23. The molecule has 0 fully saturated rings. The second-order valence-corrected chi connectivity index (χ2v) is 7.24. The van der Waals surface area contributed by atoms with Gasteiger partial charge >= 0.3 is 5.97 Å². The highest BCUT2D eigenvalue weighted by atomic mass is 16.5. The minimum Gasteiger partial charge on any atom is -0.462 e. The molecule has 0 aliphatic heterocycles. The summed E-state index contributed by atoms with van der Waals surface area (Å²) in [6.07, 6.45) is 0. The molecule has 0 radical (unpaired) electrons. The van der Waals surface area contributed by atoms with Gasteiger partial charge in [-0.25, -0.2) is 4.79 Å². The maximum absolute atomic E-state index is 12.0. The summed E-state index contributed by atoms with van der Waals surface area (Å²) in [6.45, 7) is 9.37. The fourth-order valence-corrected chi connectivity index (χ4v) is 2.36. The lowest BCUT2D eigenvalue weighted by molar-refractivity contribution is 0.0459. The number of hydrogen-bond acceptors (Lipinski definition) is 3. The molecule has 0 aromatic heterocycles. The Hall–Kier alpha value is -2.13. The predicted octanol–water partition coefficient (Wildman–Crippen LogP) is 4.40. The summed E-state index contributed by atoms with van der Waals surface area (Å²) >= 11 is 0. The van der Waals surface area contributed by atoms with E-state index >= 15 is 0 Å². The zero-order valence-electron chi connectivity index (χ0n) is 15.0. The molecule has 3 nitrogen and oxygen atoms in total. The van der Waals surface area contributed by atoms with Crippen molar-refractivity contribution in [3.63, 3.8) is 0 Å². The van der Waals surface area contributed by atoms with Crippen LogP contribution in [-0.4, -0.2) is 19.1 Å². The molecular weight excluding hydrogens is 298 g/mol. The lowest BCUT2D eigenvalue weighted by atomic mass is 9.84. The SMILES string of the molecule is CC(C)COC(=O)c1ccc(-c2ccc(C(C)(C)CN)cc2)cc1. The Morgan fingerprint density at radius 1 is 1.00 bits per heavy atom. The Labute approximate surface area is 144 Å². The Bertz CT molecular complexity index is 670. The summed E-state index contributed by atoms with van der Waals surface area (Å²) in [5.41, 5.74) is 9.81. The number of ether oxygens (including phenoxy) is 1. The van der Waals surface area contributed by atoms with E-state index in [9.17, 15) is 4.79 Å². The Kier molecular flexibility index (Phi) is 5.79. The first-order chi connectivity index (χ1) is 11.3. The molecule has 0 unspecified atom stereocenters. The summed E-state index contributed by atoms with van der Waals surface area (Å²) in [6, 6.07) is 16.0. The summed E-state index contributed by atoms with van der Waals surface area (Å²) in [7, 11) is 0. The fraction of sp³-hybridized carbons (Fsp3) is 0.381. The standard InChI is InChI=1S/C21H27NO2/c1-15(2)13-24-20(23)18-7-5-16(6-8-18)17-9-11-19(12-10-17)21(3,4)14-22/h5-12,15H,13-14,22H2,1-4H3. The van der Waals surface area contributed by atoms with Gasteiger partial charge < -0.3 is 10.5 Å². The quantitative estimate of drug-likeness (QED) is 0.801. The van der Waals surface area contributed by atoms with Gasteiger partial charge in [-0.05, 0) is 34.7 Å². The normalized spacial score (nSPS) is 11.6. The first-order valence-electron chi connectivity index (χ1n) is 8.41. The molecule has 0 amide bonds. The highest BCUT2D eigenvalue weighted by molar-refractivity contribution is 5.90. The molecule has 3 heteroatoms. The first-order valence-corrected chi connectivity index (χ1v) is 8.41. The topological polar surface area (TPSA) is 52.3 Å². The van der Waals surface area contributed by atoms with Crippen molar-refractivity contribution in [1.29, 1.82) is 0 Å². The van der Waals surface area contributed by atoms with Crippen molar-refractivity contribution in [2.45, 2.75) is 33.1 Å². The summed E-state index contributed by atoms with van der Waals surface area (Å²) < 4.78 is 5.25. The Balaban J connectivity index is 2.12. The number of benzene rings is 2. The van der Waals surface area contributed by atoms with Crippen LogP contribution in [0.4, 0.5) is 0 Å². The van der Waals surface area contributed by atoms with Crippen molar-refractivity contribution in [2.75, 3.05) is 13.2 Å². The van der Waals surface area contributed by atoms with Crippen LogP contribution >= 0.6 is 0 Å². The monoisotopic (exact) mass is 325 g/mol. The Morgan fingerprint density at radius 3 is 1.96 bits per heavy atom. The fourth-order valence-electron chi connectivity index (χ4n) is 2.36. The number of hydrogen-bond donors (Lipinski definition) is 1. The minimum atomic E-state index is -0.268. The number of carbonyl (C=O) groups is 1. The third-order valence-electron chi connectivity index (χ3n) is 4.18. The van der Waals surface area contributed by atoms with Gasteiger partial charge in [0.15, 0.2) is 0 Å². The van der Waals surface area contributed by atoms with Crippen molar-refractivity contribution in [2.24, 2.45) is 11.7 Å². The van der Waals surface area contributed by atoms with Crippen molar-refractivity contribution >= 4 is 5.97 Å². The van der Waals surface area contributed by atoms with Gasteiger partial charge in [0.05, 0.1) is 12.2 Å². The molecule has 2 aromatic rings. The molecule has 2 rings (SSSR count).